The number of amides is 1. The van der Waals surface area contributed by atoms with Crippen LogP contribution < -0.4 is 10.2 Å². The fourth-order valence-electron chi connectivity index (χ4n) is 1.85. The summed E-state index contributed by atoms with van der Waals surface area (Å²) in [7, 11) is 0. The molecule has 0 spiro atoms. The molecule has 0 saturated carbocycles. The Morgan fingerprint density at radius 3 is 2.94 bits per heavy atom. The highest BCUT2D eigenvalue weighted by Gasteiger charge is 2.15. The third kappa shape index (κ3) is 2.81. The van der Waals surface area contributed by atoms with E-state index in [0.29, 0.717) is 12.2 Å². The van der Waals surface area contributed by atoms with Gasteiger partial charge in [0.2, 0.25) is 0 Å². The van der Waals surface area contributed by atoms with E-state index in [0.717, 1.165) is 18.9 Å². The first-order valence-electron chi connectivity index (χ1n) is 5.77. The Bertz CT molecular complexity index is 413. The summed E-state index contributed by atoms with van der Waals surface area (Å²) >= 11 is 0. The van der Waals surface area contributed by atoms with Crippen LogP contribution in [-0.2, 0) is 0 Å². The molecule has 1 aliphatic heterocycles. The lowest BCUT2D eigenvalue weighted by molar-refractivity contribution is 0.0953. The third-order valence-corrected chi connectivity index (χ3v) is 2.72. The van der Waals surface area contributed by atoms with Crippen LogP contribution in [-0.4, -0.2) is 35.5 Å². The molecule has 2 heterocycles. The van der Waals surface area contributed by atoms with Crippen LogP contribution in [0.4, 0.5) is 5.82 Å². The maximum absolute atomic E-state index is 11.7. The monoisotopic (exact) mass is 232 g/mol. The molecule has 0 aromatic carbocycles. The maximum atomic E-state index is 11.7. The first-order chi connectivity index (χ1) is 8.31. The van der Waals surface area contributed by atoms with Gasteiger partial charge < -0.3 is 10.2 Å². The van der Waals surface area contributed by atoms with Crippen molar-refractivity contribution in [2.24, 2.45) is 0 Å². The van der Waals surface area contributed by atoms with Gasteiger partial charge in [0.05, 0.1) is 0 Å². The molecular weight excluding hydrogens is 216 g/mol. The summed E-state index contributed by atoms with van der Waals surface area (Å²) < 4.78 is 0. The van der Waals surface area contributed by atoms with Gasteiger partial charge in [0.15, 0.2) is 0 Å². The van der Waals surface area contributed by atoms with E-state index in [1.807, 2.05) is 0 Å². The van der Waals surface area contributed by atoms with E-state index in [2.05, 4.69) is 26.8 Å². The Morgan fingerprint density at radius 2 is 2.24 bits per heavy atom. The van der Waals surface area contributed by atoms with Crippen molar-refractivity contribution < 1.29 is 4.79 Å². The number of nitrogens with one attached hydrogen (secondary N) is 1. The Morgan fingerprint density at radius 1 is 1.47 bits per heavy atom. The third-order valence-electron chi connectivity index (χ3n) is 2.72. The van der Waals surface area contributed by atoms with E-state index in [1.54, 1.807) is 12.1 Å². The molecular formula is C12H16N4O. The number of anilines is 1. The van der Waals surface area contributed by atoms with Crippen molar-refractivity contribution >= 4 is 11.7 Å². The molecule has 0 unspecified atom stereocenters. The van der Waals surface area contributed by atoms with E-state index < -0.39 is 0 Å². The van der Waals surface area contributed by atoms with E-state index in [4.69, 9.17) is 0 Å². The van der Waals surface area contributed by atoms with Crippen LogP contribution >= 0.6 is 0 Å². The molecule has 17 heavy (non-hydrogen) atoms. The molecule has 0 aliphatic carbocycles. The van der Waals surface area contributed by atoms with Gasteiger partial charge in [0, 0.05) is 25.7 Å². The van der Waals surface area contributed by atoms with Crippen LogP contribution in [0, 0.1) is 0 Å². The molecule has 1 amide bonds. The molecule has 90 valence electrons. The Kier molecular flexibility index (Phi) is 3.69. The second kappa shape index (κ2) is 5.43. The van der Waals surface area contributed by atoms with Crippen molar-refractivity contribution in [1.82, 2.24) is 15.3 Å². The fourth-order valence-corrected chi connectivity index (χ4v) is 1.85. The molecule has 1 fully saturated rings. The van der Waals surface area contributed by atoms with Crippen molar-refractivity contribution in [3.05, 3.63) is 30.7 Å². The topological polar surface area (TPSA) is 58.1 Å². The van der Waals surface area contributed by atoms with Crippen molar-refractivity contribution in [3.8, 4) is 0 Å². The molecule has 1 saturated heterocycles. The Labute approximate surface area is 101 Å². The number of hydrogen-bond acceptors (Lipinski definition) is 4. The lowest BCUT2D eigenvalue weighted by Gasteiger charge is -2.16. The highest BCUT2D eigenvalue weighted by molar-refractivity contribution is 5.92. The molecule has 5 nitrogen and oxygen atoms in total. The van der Waals surface area contributed by atoms with E-state index >= 15 is 0 Å². The summed E-state index contributed by atoms with van der Waals surface area (Å²) in [5.74, 6) is 0.647. The number of aromatic nitrogens is 2. The Hall–Kier alpha value is -1.91. The number of carbonyl (C=O) groups is 1. The van der Waals surface area contributed by atoms with Crippen molar-refractivity contribution in [3.63, 3.8) is 0 Å². The minimum absolute atomic E-state index is 0.187. The zero-order valence-electron chi connectivity index (χ0n) is 9.72. The second-order valence-corrected chi connectivity index (χ2v) is 3.95. The molecule has 2 rings (SSSR count). The molecule has 0 bridgehead atoms. The summed E-state index contributed by atoms with van der Waals surface area (Å²) in [6, 6.07) is 1.74. The number of hydrogen-bond donors (Lipinski definition) is 1. The normalized spacial score (nSPS) is 14.7. The minimum Gasteiger partial charge on any atom is -0.357 e. The summed E-state index contributed by atoms with van der Waals surface area (Å²) in [6.45, 7) is 6.01. The summed E-state index contributed by atoms with van der Waals surface area (Å²) in [5, 5.41) is 2.70. The Balaban J connectivity index is 2.10. The van der Waals surface area contributed by atoms with Gasteiger partial charge in [0.25, 0.3) is 5.91 Å². The zero-order chi connectivity index (χ0) is 12.1. The summed E-state index contributed by atoms with van der Waals surface area (Å²) in [6.07, 6.45) is 5.45. The molecule has 5 heteroatoms. The zero-order valence-corrected chi connectivity index (χ0v) is 9.72. The summed E-state index contributed by atoms with van der Waals surface area (Å²) in [4.78, 5) is 22.1. The average molecular weight is 232 g/mol. The van der Waals surface area contributed by atoms with Crippen molar-refractivity contribution in [2.75, 3.05) is 24.5 Å². The van der Waals surface area contributed by atoms with E-state index in [9.17, 15) is 4.79 Å². The van der Waals surface area contributed by atoms with Gasteiger partial charge in [-0.25, -0.2) is 9.97 Å². The second-order valence-electron chi connectivity index (χ2n) is 3.95. The number of carbonyl (C=O) groups excluding carboxylic acids is 1. The van der Waals surface area contributed by atoms with Gasteiger partial charge in [-0.2, -0.15) is 0 Å². The predicted octanol–water partition coefficient (Wildman–Crippen LogP) is 0.993. The van der Waals surface area contributed by atoms with Gasteiger partial charge in [-0.15, -0.1) is 6.58 Å². The van der Waals surface area contributed by atoms with Gasteiger partial charge in [0.1, 0.15) is 17.8 Å². The van der Waals surface area contributed by atoms with Gasteiger partial charge in [-0.3, -0.25) is 4.79 Å². The first kappa shape index (κ1) is 11.6. The van der Waals surface area contributed by atoms with Crippen molar-refractivity contribution in [2.45, 2.75) is 12.8 Å². The molecule has 1 aromatic rings. The van der Waals surface area contributed by atoms with Crippen molar-refractivity contribution in [1.29, 1.82) is 0 Å². The van der Waals surface area contributed by atoms with Crippen LogP contribution in [0.1, 0.15) is 23.3 Å². The molecule has 0 atom stereocenters. The highest BCUT2D eigenvalue weighted by atomic mass is 16.1. The maximum Gasteiger partial charge on any atom is 0.270 e. The van der Waals surface area contributed by atoms with E-state index in [-0.39, 0.29) is 5.91 Å². The highest BCUT2D eigenvalue weighted by Crippen LogP contribution is 2.17. The standard InChI is InChI=1S/C12H16N4O/c1-2-5-13-12(17)10-8-11(15-9-14-10)16-6-3-4-7-16/h2,8-9H,1,3-7H2,(H,13,17). The molecule has 1 N–H and O–H groups in total. The SMILES string of the molecule is C=CCNC(=O)c1cc(N2CCCC2)ncn1. The summed E-state index contributed by atoms with van der Waals surface area (Å²) in [5.41, 5.74) is 0.406. The smallest absolute Gasteiger partial charge is 0.270 e. The van der Waals surface area contributed by atoms with Crippen LogP contribution in [0.5, 0.6) is 0 Å². The van der Waals surface area contributed by atoms with Crippen LogP contribution in [0.2, 0.25) is 0 Å². The molecule has 0 radical (unpaired) electrons. The average Bonchev–Trinajstić information content (AvgIpc) is 2.90. The van der Waals surface area contributed by atoms with Crippen LogP contribution in [0.15, 0.2) is 25.0 Å². The molecule has 1 aliphatic rings. The number of nitrogens with zero attached hydrogens (tertiary/aromatic N) is 3. The minimum atomic E-state index is -0.187. The molecule has 1 aromatic heterocycles. The fraction of sp³-hybridized carbons (Fsp3) is 0.417. The van der Waals surface area contributed by atoms with Gasteiger partial charge >= 0.3 is 0 Å². The first-order valence-corrected chi connectivity index (χ1v) is 5.77. The predicted molar refractivity (Wildman–Crippen MR) is 66.0 cm³/mol. The van der Waals surface area contributed by atoms with Crippen LogP contribution in [0.25, 0.3) is 0 Å². The van der Waals surface area contributed by atoms with Gasteiger partial charge in [-0.05, 0) is 12.8 Å². The van der Waals surface area contributed by atoms with Crippen LogP contribution in [0.3, 0.4) is 0 Å². The lowest BCUT2D eigenvalue weighted by atomic mass is 10.3. The quantitative estimate of drug-likeness (QED) is 0.787. The largest absolute Gasteiger partial charge is 0.357 e. The lowest BCUT2D eigenvalue weighted by Crippen LogP contribution is -2.25. The van der Waals surface area contributed by atoms with E-state index in [1.165, 1.54) is 19.2 Å². The van der Waals surface area contributed by atoms with Gasteiger partial charge in [-0.1, -0.05) is 6.08 Å². The number of rotatable bonds is 4.